The van der Waals surface area contributed by atoms with Crippen LogP contribution >= 0.6 is 0 Å². The number of hydrogen-bond donors (Lipinski definition) is 2. The summed E-state index contributed by atoms with van der Waals surface area (Å²) in [5.74, 6) is 0.484. The molecular formula is C16H19N5O. The van der Waals surface area contributed by atoms with E-state index in [0.717, 1.165) is 16.7 Å². The molecule has 114 valence electrons. The number of aromatic nitrogens is 4. The molecule has 3 aromatic rings. The van der Waals surface area contributed by atoms with E-state index in [-0.39, 0.29) is 18.7 Å². The SMILES string of the molecule is CC(C)n1cnc2cnc(N[C@H](CO)c3ccccc3)nc21. The minimum absolute atomic E-state index is 0.0329. The number of nitrogens with one attached hydrogen (secondary N) is 1. The van der Waals surface area contributed by atoms with Crippen LogP contribution in [-0.2, 0) is 0 Å². The maximum Gasteiger partial charge on any atom is 0.225 e. The highest BCUT2D eigenvalue weighted by Crippen LogP contribution is 2.19. The van der Waals surface area contributed by atoms with E-state index in [1.165, 1.54) is 0 Å². The molecule has 0 radical (unpaired) electrons. The molecule has 6 heteroatoms. The van der Waals surface area contributed by atoms with Crippen molar-refractivity contribution in [2.45, 2.75) is 25.9 Å². The Morgan fingerprint density at radius 1 is 1.18 bits per heavy atom. The van der Waals surface area contributed by atoms with E-state index in [1.807, 2.05) is 34.9 Å². The molecule has 2 heterocycles. The number of imidazole rings is 1. The molecule has 0 fully saturated rings. The zero-order chi connectivity index (χ0) is 15.5. The third-order valence-electron chi connectivity index (χ3n) is 3.56. The van der Waals surface area contributed by atoms with Crippen molar-refractivity contribution in [2.75, 3.05) is 11.9 Å². The summed E-state index contributed by atoms with van der Waals surface area (Å²) in [6, 6.07) is 9.79. The molecule has 0 aliphatic carbocycles. The molecule has 2 N–H and O–H groups in total. The lowest BCUT2D eigenvalue weighted by Gasteiger charge is -2.16. The van der Waals surface area contributed by atoms with Gasteiger partial charge < -0.3 is 15.0 Å². The number of aliphatic hydroxyl groups excluding tert-OH is 1. The molecule has 1 aromatic carbocycles. The van der Waals surface area contributed by atoms with Crippen LogP contribution in [0.15, 0.2) is 42.9 Å². The van der Waals surface area contributed by atoms with Gasteiger partial charge in [0.05, 0.1) is 25.2 Å². The Kier molecular flexibility index (Phi) is 4.02. The summed E-state index contributed by atoms with van der Waals surface area (Å²) in [6.45, 7) is 4.13. The van der Waals surface area contributed by atoms with Gasteiger partial charge in [0.2, 0.25) is 5.95 Å². The van der Waals surface area contributed by atoms with Crippen molar-refractivity contribution in [1.29, 1.82) is 0 Å². The second kappa shape index (κ2) is 6.11. The highest BCUT2D eigenvalue weighted by Gasteiger charge is 2.13. The van der Waals surface area contributed by atoms with E-state index in [0.29, 0.717) is 5.95 Å². The Balaban J connectivity index is 1.91. The van der Waals surface area contributed by atoms with Gasteiger partial charge in [-0.1, -0.05) is 30.3 Å². The normalized spacial score (nSPS) is 12.7. The van der Waals surface area contributed by atoms with Crippen molar-refractivity contribution in [3.05, 3.63) is 48.4 Å². The van der Waals surface area contributed by atoms with Gasteiger partial charge >= 0.3 is 0 Å². The molecule has 2 aromatic heterocycles. The van der Waals surface area contributed by atoms with Crippen LogP contribution in [0.2, 0.25) is 0 Å². The van der Waals surface area contributed by atoms with Gasteiger partial charge in [-0.2, -0.15) is 4.98 Å². The summed E-state index contributed by atoms with van der Waals surface area (Å²) < 4.78 is 2.00. The Bertz CT molecular complexity index is 754. The van der Waals surface area contributed by atoms with Crippen molar-refractivity contribution in [3.8, 4) is 0 Å². The van der Waals surface area contributed by atoms with Crippen molar-refractivity contribution >= 4 is 17.1 Å². The van der Waals surface area contributed by atoms with Gasteiger partial charge in [0, 0.05) is 6.04 Å². The standard InChI is InChI=1S/C16H19N5O/c1-11(2)21-10-18-13-8-17-16(20-15(13)21)19-14(9-22)12-6-4-3-5-7-12/h3-8,10-11,14,22H,9H2,1-2H3,(H,17,19,20)/t14-/m1/s1. The van der Waals surface area contributed by atoms with E-state index in [9.17, 15) is 5.11 Å². The largest absolute Gasteiger partial charge is 0.394 e. The van der Waals surface area contributed by atoms with Crippen molar-refractivity contribution in [3.63, 3.8) is 0 Å². The van der Waals surface area contributed by atoms with Crippen LogP contribution in [0, 0.1) is 0 Å². The quantitative estimate of drug-likeness (QED) is 0.757. The molecule has 22 heavy (non-hydrogen) atoms. The van der Waals surface area contributed by atoms with Crippen molar-refractivity contribution in [1.82, 2.24) is 19.5 Å². The number of anilines is 1. The van der Waals surface area contributed by atoms with E-state index >= 15 is 0 Å². The lowest BCUT2D eigenvalue weighted by molar-refractivity contribution is 0.276. The molecular weight excluding hydrogens is 278 g/mol. The Morgan fingerprint density at radius 2 is 1.95 bits per heavy atom. The monoisotopic (exact) mass is 297 g/mol. The zero-order valence-corrected chi connectivity index (χ0v) is 12.6. The second-order valence-electron chi connectivity index (χ2n) is 5.44. The smallest absolute Gasteiger partial charge is 0.225 e. The van der Waals surface area contributed by atoms with Crippen LogP contribution in [0.4, 0.5) is 5.95 Å². The van der Waals surface area contributed by atoms with Gasteiger partial charge in [-0.05, 0) is 19.4 Å². The third kappa shape index (κ3) is 2.78. The van der Waals surface area contributed by atoms with E-state index in [4.69, 9.17) is 0 Å². The molecule has 0 aliphatic rings. The average Bonchev–Trinajstić information content (AvgIpc) is 2.96. The van der Waals surface area contributed by atoms with Crippen molar-refractivity contribution in [2.24, 2.45) is 0 Å². The number of benzene rings is 1. The minimum Gasteiger partial charge on any atom is -0.394 e. The molecule has 0 amide bonds. The second-order valence-corrected chi connectivity index (χ2v) is 5.44. The lowest BCUT2D eigenvalue weighted by atomic mass is 10.1. The molecule has 0 spiro atoms. The van der Waals surface area contributed by atoms with Gasteiger partial charge in [0.1, 0.15) is 5.52 Å². The summed E-state index contributed by atoms with van der Waals surface area (Å²) in [6.07, 6.45) is 3.47. The number of nitrogens with zero attached hydrogens (tertiary/aromatic N) is 4. The first-order valence-electron chi connectivity index (χ1n) is 7.31. The highest BCUT2D eigenvalue weighted by atomic mass is 16.3. The molecule has 1 atom stereocenters. The first-order chi connectivity index (χ1) is 10.7. The number of hydrogen-bond acceptors (Lipinski definition) is 5. The number of rotatable bonds is 5. The molecule has 0 saturated carbocycles. The molecule has 3 rings (SSSR count). The minimum atomic E-state index is -0.242. The predicted molar refractivity (Wildman–Crippen MR) is 85.6 cm³/mol. The molecule has 6 nitrogen and oxygen atoms in total. The van der Waals surface area contributed by atoms with Crippen LogP contribution in [0.5, 0.6) is 0 Å². The van der Waals surface area contributed by atoms with E-state index < -0.39 is 0 Å². The summed E-state index contributed by atoms with van der Waals surface area (Å²) in [5.41, 5.74) is 2.54. The van der Waals surface area contributed by atoms with Gasteiger partial charge in [-0.15, -0.1) is 0 Å². The Labute approximate surface area is 128 Å². The van der Waals surface area contributed by atoms with Crippen LogP contribution in [0.3, 0.4) is 0 Å². The first-order valence-corrected chi connectivity index (χ1v) is 7.31. The molecule has 0 saturated heterocycles. The lowest BCUT2D eigenvalue weighted by Crippen LogP contribution is -2.16. The highest BCUT2D eigenvalue weighted by molar-refractivity contribution is 5.71. The first kappa shape index (κ1) is 14.5. The van der Waals surface area contributed by atoms with Gasteiger partial charge in [0.15, 0.2) is 5.65 Å². The number of fused-ring (bicyclic) bond motifs is 1. The van der Waals surface area contributed by atoms with E-state index in [2.05, 4.69) is 34.1 Å². The zero-order valence-electron chi connectivity index (χ0n) is 12.6. The topological polar surface area (TPSA) is 75.9 Å². The van der Waals surface area contributed by atoms with Crippen LogP contribution in [0.25, 0.3) is 11.2 Å². The summed E-state index contributed by atoms with van der Waals surface area (Å²) in [7, 11) is 0. The molecule has 0 bridgehead atoms. The summed E-state index contributed by atoms with van der Waals surface area (Å²) in [4.78, 5) is 13.1. The third-order valence-corrected chi connectivity index (χ3v) is 3.56. The maximum atomic E-state index is 9.62. The fourth-order valence-electron chi connectivity index (χ4n) is 2.35. The van der Waals surface area contributed by atoms with Crippen LogP contribution in [-0.4, -0.2) is 31.2 Å². The average molecular weight is 297 g/mol. The van der Waals surface area contributed by atoms with Gasteiger partial charge in [0.25, 0.3) is 0 Å². The van der Waals surface area contributed by atoms with Gasteiger partial charge in [-0.25, -0.2) is 9.97 Å². The Morgan fingerprint density at radius 3 is 2.64 bits per heavy atom. The fraction of sp³-hybridized carbons (Fsp3) is 0.312. The summed E-state index contributed by atoms with van der Waals surface area (Å²) in [5, 5.41) is 12.8. The maximum absolute atomic E-state index is 9.62. The van der Waals surface area contributed by atoms with E-state index in [1.54, 1.807) is 12.5 Å². The van der Waals surface area contributed by atoms with Crippen molar-refractivity contribution < 1.29 is 5.11 Å². The summed E-state index contributed by atoms with van der Waals surface area (Å²) >= 11 is 0. The fourth-order valence-corrected chi connectivity index (χ4v) is 2.35. The molecule has 0 aliphatic heterocycles. The van der Waals surface area contributed by atoms with Crippen LogP contribution < -0.4 is 5.32 Å². The van der Waals surface area contributed by atoms with Gasteiger partial charge in [-0.3, -0.25) is 0 Å². The molecule has 0 unspecified atom stereocenters. The predicted octanol–water partition coefficient (Wildman–Crippen LogP) is 2.55. The Hall–Kier alpha value is -2.47. The number of aliphatic hydroxyl groups is 1. The van der Waals surface area contributed by atoms with Crippen LogP contribution in [0.1, 0.15) is 31.5 Å².